The van der Waals surface area contributed by atoms with E-state index >= 15 is 0 Å². The van der Waals surface area contributed by atoms with E-state index in [0.717, 1.165) is 0 Å². The first-order valence-electron chi connectivity index (χ1n) is 6.30. The molecule has 1 atom stereocenters. The smallest absolute Gasteiger partial charge is 0.235 e. The van der Waals surface area contributed by atoms with Crippen LogP contribution in [0.3, 0.4) is 0 Å². The van der Waals surface area contributed by atoms with Gasteiger partial charge in [-0.3, -0.25) is 10.2 Å². The molecule has 2 aliphatic rings. The Bertz CT molecular complexity index is 718. The number of halogens is 2. The fourth-order valence-corrected chi connectivity index (χ4v) is 2.73. The van der Waals surface area contributed by atoms with Crippen LogP contribution in [0.2, 0.25) is 0 Å². The molecule has 5 nitrogen and oxygen atoms in total. The van der Waals surface area contributed by atoms with Crippen LogP contribution in [0.4, 0.5) is 4.39 Å². The molecular weight excluding hydrogens is 293 g/mol. The Labute approximate surface area is 126 Å². The molecule has 3 rings (SSSR count). The van der Waals surface area contributed by atoms with Gasteiger partial charge in [-0.2, -0.15) is 0 Å². The van der Waals surface area contributed by atoms with E-state index < -0.39 is 5.12 Å². The second kappa shape index (κ2) is 4.95. The number of hydrogen-bond donors (Lipinski definition) is 3. The highest BCUT2D eigenvalue weighted by molar-refractivity contribution is 6.27. The molecule has 21 heavy (non-hydrogen) atoms. The van der Waals surface area contributed by atoms with Gasteiger partial charge in [0, 0.05) is 11.6 Å². The zero-order chi connectivity index (χ0) is 15.0. The number of nitrogens with two attached hydrogens (primary N) is 1. The van der Waals surface area contributed by atoms with E-state index in [9.17, 15) is 4.39 Å². The van der Waals surface area contributed by atoms with Crippen LogP contribution in [-0.4, -0.2) is 22.7 Å². The van der Waals surface area contributed by atoms with Crippen molar-refractivity contribution >= 4 is 23.3 Å². The summed E-state index contributed by atoms with van der Waals surface area (Å²) in [6.07, 6.45) is 0. The van der Waals surface area contributed by atoms with Crippen LogP contribution in [0.25, 0.3) is 5.70 Å². The van der Waals surface area contributed by atoms with Gasteiger partial charge < -0.3 is 11.1 Å². The van der Waals surface area contributed by atoms with Gasteiger partial charge in [0.25, 0.3) is 0 Å². The lowest BCUT2D eigenvalue weighted by atomic mass is 10.1. The molecule has 0 radical (unpaired) electrons. The van der Waals surface area contributed by atoms with Crippen molar-refractivity contribution in [1.29, 1.82) is 0 Å². The van der Waals surface area contributed by atoms with Gasteiger partial charge in [-0.1, -0.05) is 29.7 Å². The highest BCUT2D eigenvalue weighted by atomic mass is 35.5. The summed E-state index contributed by atoms with van der Waals surface area (Å²) in [6, 6.07) is 9.10. The average molecular weight is 306 g/mol. The molecule has 4 N–H and O–H groups in total. The molecule has 1 fully saturated rings. The van der Waals surface area contributed by atoms with Crippen molar-refractivity contribution in [3.05, 3.63) is 41.3 Å². The first-order valence-corrected chi connectivity index (χ1v) is 6.68. The van der Waals surface area contributed by atoms with E-state index in [1.807, 2.05) is 0 Å². The van der Waals surface area contributed by atoms with Crippen LogP contribution < -0.4 is 16.4 Å². The maximum atomic E-state index is 13.5. The molecule has 0 bridgehead atoms. The summed E-state index contributed by atoms with van der Waals surface area (Å²) >= 11 is 6.50. The number of fused-ring (bicyclic) bond motifs is 1. The summed E-state index contributed by atoms with van der Waals surface area (Å²) in [7, 11) is 0. The molecule has 1 unspecified atom stereocenters. The molecule has 0 aliphatic carbocycles. The highest BCUT2D eigenvalue weighted by Crippen LogP contribution is 2.38. The molecular formula is C14H13ClFN5. The number of hydrogen-bond acceptors (Lipinski definition) is 5. The molecule has 1 saturated heterocycles. The molecule has 0 spiro atoms. The molecule has 108 valence electrons. The van der Waals surface area contributed by atoms with E-state index in [0.29, 0.717) is 23.6 Å². The average Bonchev–Trinajstić information content (AvgIpc) is 2.75. The molecule has 7 heteroatoms. The Balaban J connectivity index is 2.19. The molecule has 2 heterocycles. The highest BCUT2D eigenvalue weighted by Gasteiger charge is 2.46. The Kier molecular flexibility index (Phi) is 3.24. The summed E-state index contributed by atoms with van der Waals surface area (Å²) in [5, 5.41) is 4.80. The van der Waals surface area contributed by atoms with E-state index in [2.05, 4.69) is 27.6 Å². The first-order chi connectivity index (χ1) is 10.0. The number of benzene rings is 1. The third-order valence-electron chi connectivity index (χ3n) is 3.18. The van der Waals surface area contributed by atoms with Gasteiger partial charge in [0.2, 0.25) is 5.12 Å². The van der Waals surface area contributed by atoms with Crippen molar-refractivity contribution in [3.63, 3.8) is 0 Å². The lowest BCUT2D eigenvalue weighted by molar-refractivity contribution is 0.543. The van der Waals surface area contributed by atoms with Crippen molar-refractivity contribution in [2.45, 2.75) is 12.0 Å². The van der Waals surface area contributed by atoms with Crippen LogP contribution in [0.5, 0.6) is 0 Å². The Morgan fingerprint density at radius 3 is 3.05 bits per heavy atom. The fourth-order valence-electron chi connectivity index (χ4n) is 2.38. The minimum Gasteiger partial charge on any atom is -0.370 e. The van der Waals surface area contributed by atoms with Crippen LogP contribution in [0.15, 0.2) is 35.0 Å². The predicted octanol–water partition coefficient (Wildman–Crippen LogP) is 1.15. The van der Waals surface area contributed by atoms with Gasteiger partial charge in [0.05, 0.1) is 12.4 Å². The maximum Gasteiger partial charge on any atom is 0.235 e. The lowest BCUT2D eigenvalue weighted by Gasteiger charge is -2.29. The Morgan fingerprint density at radius 1 is 1.52 bits per heavy atom. The number of guanidine groups is 1. The van der Waals surface area contributed by atoms with Crippen molar-refractivity contribution in [2.75, 3.05) is 6.67 Å². The zero-order valence-corrected chi connectivity index (χ0v) is 12.0. The molecule has 1 aromatic carbocycles. The molecule has 0 aromatic heterocycles. The summed E-state index contributed by atoms with van der Waals surface area (Å²) in [5.41, 5.74) is 7.61. The number of aliphatic imine (C=N–C) groups is 1. The minimum absolute atomic E-state index is 0.159. The second-order valence-electron chi connectivity index (χ2n) is 4.60. The SMILES string of the molecule is CC#CN1CNC2(Cl)N=C(N)NC(c3cccc(F)c3)=C12. The monoisotopic (exact) mass is 305 g/mol. The fraction of sp³-hybridized carbons (Fsp3) is 0.214. The summed E-state index contributed by atoms with van der Waals surface area (Å²) in [5.74, 6) is 2.63. The number of nitrogens with one attached hydrogen (secondary N) is 2. The standard InChI is InChI=1S/C14H13ClFN5/c1-2-6-21-8-18-14(15)12(21)11(19-13(17)20-14)9-4-3-5-10(16)7-9/h3-5,7,18H,8H2,1H3,(H3,17,19,20). The third-order valence-corrected chi connectivity index (χ3v) is 3.58. The molecule has 2 aliphatic heterocycles. The third kappa shape index (κ3) is 2.31. The summed E-state index contributed by atoms with van der Waals surface area (Å²) in [4.78, 5) is 5.92. The summed E-state index contributed by atoms with van der Waals surface area (Å²) < 4.78 is 13.5. The first kappa shape index (κ1) is 13.7. The molecule has 0 amide bonds. The van der Waals surface area contributed by atoms with E-state index in [-0.39, 0.29) is 11.8 Å². The van der Waals surface area contributed by atoms with Crippen LogP contribution in [0, 0.1) is 17.8 Å². The van der Waals surface area contributed by atoms with E-state index in [4.69, 9.17) is 17.3 Å². The van der Waals surface area contributed by atoms with Crippen LogP contribution in [0.1, 0.15) is 12.5 Å². The molecule has 0 saturated carbocycles. The number of nitrogens with zero attached hydrogens (tertiary/aromatic N) is 2. The maximum absolute atomic E-state index is 13.5. The van der Waals surface area contributed by atoms with Crippen molar-refractivity contribution in [3.8, 4) is 12.0 Å². The van der Waals surface area contributed by atoms with Gasteiger partial charge >= 0.3 is 0 Å². The van der Waals surface area contributed by atoms with Crippen molar-refractivity contribution < 1.29 is 4.39 Å². The van der Waals surface area contributed by atoms with Crippen LogP contribution in [-0.2, 0) is 0 Å². The Hall–Kier alpha value is -2.23. The van der Waals surface area contributed by atoms with Gasteiger partial charge in [0.1, 0.15) is 11.5 Å². The van der Waals surface area contributed by atoms with Gasteiger partial charge in [0.15, 0.2) is 5.96 Å². The van der Waals surface area contributed by atoms with Crippen LogP contribution >= 0.6 is 11.6 Å². The predicted molar refractivity (Wildman–Crippen MR) is 80.0 cm³/mol. The van der Waals surface area contributed by atoms with E-state index in [1.54, 1.807) is 24.0 Å². The summed E-state index contributed by atoms with van der Waals surface area (Å²) in [6.45, 7) is 2.13. The topological polar surface area (TPSA) is 65.7 Å². The largest absolute Gasteiger partial charge is 0.370 e. The zero-order valence-electron chi connectivity index (χ0n) is 11.2. The quantitative estimate of drug-likeness (QED) is 0.414. The van der Waals surface area contributed by atoms with E-state index in [1.165, 1.54) is 12.1 Å². The van der Waals surface area contributed by atoms with Gasteiger partial charge in [-0.25, -0.2) is 9.38 Å². The normalized spacial score (nSPS) is 24.0. The second-order valence-corrected chi connectivity index (χ2v) is 5.15. The minimum atomic E-state index is -1.19. The molecule has 1 aromatic rings. The van der Waals surface area contributed by atoms with Gasteiger partial charge in [-0.15, -0.1) is 0 Å². The van der Waals surface area contributed by atoms with Crippen molar-refractivity contribution in [1.82, 2.24) is 15.5 Å². The van der Waals surface area contributed by atoms with Crippen molar-refractivity contribution in [2.24, 2.45) is 10.7 Å². The lowest BCUT2D eigenvalue weighted by Crippen LogP contribution is -2.45. The van der Waals surface area contributed by atoms with Gasteiger partial charge in [-0.05, 0) is 19.1 Å². The Morgan fingerprint density at radius 2 is 2.33 bits per heavy atom. The number of alkyl halides is 1. The number of rotatable bonds is 1.